The fraction of sp³-hybridized carbons (Fsp3) is 0.545. The molecular formula is C22H29BrN4O2S. The van der Waals surface area contributed by atoms with Gasteiger partial charge in [0.15, 0.2) is 0 Å². The predicted octanol–water partition coefficient (Wildman–Crippen LogP) is 3.72. The molecule has 4 atom stereocenters. The maximum atomic E-state index is 12.1. The first kappa shape index (κ1) is 21.9. The Morgan fingerprint density at radius 1 is 1.27 bits per heavy atom. The largest absolute Gasteiger partial charge is 0.298 e. The molecule has 8 heteroatoms. The molecule has 3 fully saturated rings. The number of sulfonamides is 1. The SMILES string of the molecule is CCCS(=O)(=O)NC[C@H]1C[C@@H]2CCN1C[C@@H]2c1cc(-c2ccccc2Br)nc(C)n1. The highest BCUT2D eigenvalue weighted by Crippen LogP contribution is 2.42. The van der Waals surface area contributed by atoms with E-state index < -0.39 is 10.0 Å². The van der Waals surface area contributed by atoms with Crippen molar-refractivity contribution >= 4 is 26.0 Å². The summed E-state index contributed by atoms with van der Waals surface area (Å²) in [6, 6.07) is 10.5. The molecule has 1 N–H and O–H groups in total. The Hall–Kier alpha value is -1.35. The summed E-state index contributed by atoms with van der Waals surface area (Å²) in [4.78, 5) is 11.9. The van der Waals surface area contributed by atoms with Crippen LogP contribution in [0.4, 0.5) is 0 Å². The van der Waals surface area contributed by atoms with Gasteiger partial charge in [0.1, 0.15) is 5.82 Å². The zero-order valence-corrected chi connectivity index (χ0v) is 19.9. The molecule has 0 saturated carbocycles. The van der Waals surface area contributed by atoms with Crippen molar-refractivity contribution in [3.05, 3.63) is 46.3 Å². The first-order valence-electron chi connectivity index (χ1n) is 10.7. The maximum absolute atomic E-state index is 12.1. The molecular weight excluding hydrogens is 464 g/mol. The number of benzene rings is 1. The van der Waals surface area contributed by atoms with Crippen LogP contribution in [-0.2, 0) is 10.0 Å². The van der Waals surface area contributed by atoms with Crippen LogP contribution in [0.1, 0.15) is 43.6 Å². The highest BCUT2D eigenvalue weighted by Gasteiger charge is 2.41. The topological polar surface area (TPSA) is 75.2 Å². The number of hydrogen-bond donors (Lipinski definition) is 1. The quantitative estimate of drug-likeness (QED) is 0.637. The Bertz CT molecular complexity index is 1010. The Morgan fingerprint density at radius 2 is 2.07 bits per heavy atom. The van der Waals surface area contributed by atoms with Crippen molar-refractivity contribution in [1.29, 1.82) is 0 Å². The smallest absolute Gasteiger partial charge is 0.211 e. The summed E-state index contributed by atoms with van der Waals surface area (Å²) in [7, 11) is -3.16. The minimum Gasteiger partial charge on any atom is -0.298 e. The van der Waals surface area contributed by atoms with Crippen LogP contribution in [0.2, 0.25) is 0 Å². The number of nitrogens with zero attached hydrogens (tertiary/aromatic N) is 3. The van der Waals surface area contributed by atoms with Crippen molar-refractivity contribution in [2.75, 3.05) is 25.4 Å². The van der Waals surface area contributed by atoms with Crippen LogP contribution in [-0.4, -0.2) is 54.7 Å². The molecule has 0 radical (unpaired) electrons. The summed E-state index contributed by atoms with van der Waals surface area (Å²) in [5.41, 5.74) is 3.13. The lowest BCUT2D eigenvalue weighted by Gasteiger charge is -2.49. The molecule has 4 heterocycles. The van der Waals surface area contributed by atoms with Gasteiger partial charge >= 0.3 is 0 Å². The molecule has 5 rings (SSSR count). The summed E-state index contributed by atoms with van der Waals surface area (Å²) in [5.74, 6) is 1.88. The molecule has 1 aromatic carbocycles. The monoisotopic (exact) mass is 492 g/mol. The summed E-state index contributed by atoms with van der Waals surface area (Å²) in [5, 5.41) is 0. The second kappa shape index (κ2) is 9.02. The van der Waals surface area contributed by atoms with Crippen molar-refractivity contribution in [3.8, 4) is 11.3 Å². The van der Waals surface area contributed by atoms with Crippen molar-refractivity contribution in [1.82, 2.24) is 19.6 Å². The van der Waals surface area contributed by atoms with E-state index in [0.717, 1.165) is 53.2 Å². The lowest BCUT2D eigenvalue weighted by atomic mass is 9.74. The van der Waals surface area contributed by atoms with E-state index in [4.69, 9.17) is 4.98 Å². The molecule has 2 bridgehead atoms. The Kier molecular flexibility index (Phi) is 6.58. The van der Waals surface area contributed by atoms with E-state index in [1.807, 2.05) is 32.0 Å². The average molecular weight is 493 g/mol. The van der Waals surface area contributed by atoms with Crippen LogP contribution < -0.4 is 4.72 Å². The zero-order valence-electron chi connectivity index (χ0n) is 17.5. The van der Waals surface area contributed by atoms with Gasteiger partial charge in [0, 0.05) is 40.8 Å². The molecule has 1 aromatic heterocycles. The number of rotatable bonds is 7. The summed E-state index contributed by atoms with van der Waals surface area (Å²) < 4.78 is 27.9. The fourth-order valence-corrected chi connectivity index (χ4v) is 6.45. The van der Waals surface area contributed by atoms with Crippen LogP contribution in [0.15, 0.2) is 34.8 Å². The predicted molar refractivity (Wildman–Crippen MR) is 123 cm³/mol. The molecule has 3 aliphatic heterocycles. The molecule has 0 amide bonds. The molecule has 162 valence electrons. The van der Waals surface area contributed by atoms with Gasteiger partial charge in [-0.2, -0.15) is 0 Å². The number of hydrogen-bond acceptors (Lipinski definition) is 5. The van der Waals surface area contributed by atoms with Crippen LogP contribution in [0.5, 0.6) is 0 Å². The lowest BCUT2D eigenvalue weighted by Crippen LogP contribution is -2.56. The summed E-state index contributed by atoms with van der Waals surface area (Å²) in [6.45, 7) is 6.31. The van der Waals surface area contributed by atoms with Crippen LogP contribution in [0.3, 0.4) is 0 Å². The van der Waals surface area contributed by atoms with Gasteiger partial charge in [0.25, 0.3) is 0 Å². The third kappa shape index (κ3) is 4.77. The normalized spacial score (nSPS) is 26.1. The van der Waals surface area contributed by atoms with Gasteiger partial charge in [-0.25, -0.2) is 23.1 Å². The summed E-state index contributed by atoms with van der Waals surface area (Å²) >= 11 is 3.64. The minimum absolute atomic E-state index is 0.198. The van der Waals surface area contributed by atoms with Crippen molar-refractivity contribution in [2.45, 2.75) is 45.1 Å². The molecule has 2 aromatic rings. The number of nitrogens with one attached hydrogen (secondary N) is 1. The van der Waals surface area contributed by atoms with Crippen molar-refractivity contribution in [2.24, 2.45) is 5.92 Å². The van der Waals surface area contributed by atoms with Crippen LogP contribution in [0, 0.1) is 12.8 Å². The standard InChI is InChI=1S/C22H29BrN4O2S/c1-3-10-30(28,29)24-13-17-11-16-8-9-27(17)14-19(16)22-12-21(25-15(2)26-22)18-6-4-5-7-20(18)23/h4-7,12,16-17,19,24H,3,8-11,13-14H2,1-2H3/t16-,17+,19-/m0/s1. The number of halogens is 1. The number of fused-ring (bicyclic) bond motifs is 3. The highest BCUT2D eigenvalue weighted by molar-refractivity contribution is 9.10. The van der Waals surface area contributed by atoms with E-state index in [0.29, 0.717) is 24.8 Å². The zero-order chi connectivity index (χ0) is 21.3. The van der Waals surface area contributed by atoms with Gasteiger partial charge in [0.2, 0.25) is 10.0 Å². The van der Waals surface area contributed by atoms with E-state index in [-0.39, 0.29) is 11.8 Å². The lowest BCUT2D eigenvalue weighted by molar-refractivity contribution is 0.0317. The van der Waals surface area contributed by atoms with E-state index in [9.17, 15) is 8.42 Å². The van der Waals surface area contributed by atoms with E-state index >= 15 is 0 Å². The third-order valence-corrected chi connectivity index (χ3v) is 8.52. The Balaban J connectivity index is 1.51. The van der Waals surface area contributed by atoms with Crippen LogP contribution in [0.25, 0.3) is 11.3 Å². The summed E-state index contributed by atoms with van der Waals surface area (Å²) in [6.07, 6.45) is 2.78. The van der Waals surface area contributed by atoms with Crippen molar-refractivity contribution < 1.29 is 8.42 Å². The molecule has 0 spiro atoms. The van der Waals surface area contributed by atoms with E-state index in [1.165, 1.54) is 0 Å². The molecule has 0 aliphatic carbocycles. The Labute approximate surface area is 187 Å². The molecule has 3 saturated heterocycles. The second-order valence-electron chi connectivity index (χ2n) is 8.41. The number of piperidine rings is 3. The average Bonchev–Trinajstić information content (AvgIpc) is 2.72. The molecule has 3 aliphatic rings. The molecule has 30 heavy (non-hydrogen) atoms. The Morgan fingerprint density at radius 3 is 2.77 bits per heavy atom. The molecule has 1 unspecified atom stereocenters. The van der Waals surface area contributed by atoms with E-state index in [1.54, 1.807) is 0 Å². The van der Waals surface area contributed by atoms with Gasteiger partial charge in [-0.15, -0.1) is 0 Å². The van der Waals surface area contributed by atoms with E-state index in [2.05, 4.69) is 42.7 Å². The number of aryl methyl sites for hydroxylation is 1. The van der Waals surface area contributed by atoms with Gasteiger partial charge in [-0.1, -0.05) is 41.1 Å². The second-order valence-corrected chi connectivity index (χ2v) is 11.2. The maximum Gasteiger partial charge on any atom is 0.211 e. The van der Waals surface area contributed by atoms with Crippen LogP contribution >= 0.6 is 15.9 Å². The third-order valence-electron chi connectivity index (χ3n) is 6.28. The highest BCUT2D eigenvalue weighted by atomic mass is 79.9. The van der Waals surface area contributed by atoms with Gasteiger partial charge < -0.3 is 0 Å². The fourth-order valence-electron chi connectivity index (χ4n) is 4.84. The first-order chi connectivity index (χ1) is 14.4. The van der Waals surface area contributed by atoms with Gasteiger partial charge in [0.05, 0.1) is 11.4 Å². The minimum atomic E-state index is -3.16. The van der Waals surface area contributed by atoms with Gasteiger partial charge in [-0.05, 0) is 50.8 Å². The van der Waals surface area contributed by atoms with Gasteiger partial charge in [-0.3, -0.25) is 4.90 Å². The molecule has 6 nitrogen and oxygen atoms in total. The first-order valence-corrected chi connectivity index (χ1v) is 13.1. The van der Waals surface area contributed by atoms with Crippen molar-refractivity contribution in [3.63, 3.8) is 0 Å². The number of aromatic nitrogens is 2.